The van der Waals surface area contributed by atoms with Gasteiger partial charge in [-0.2, -0.15) is 0 Å². The molecule has 0 saturated carbocycles. The lowest BCUT2D eigenvalue weighted by Gasteiger charge is -1.91. The van der Waals surface area contributed by atoms with Crippen LogP contribution in [0.5, 0.6) is 5.75 Å². The summed E-state index contributed by atoms with van der Waals surface area (Å²) in [5, 5.41) is 0. The molecule has 0 aromatic carbocycles. The van der Waals surface area contributed by atoms with Gasteiger partial charge in [-0.1, -0.05) is 6.08 Å². The molecule has 0 fully saturated rings. The van der Waals surface area contributed by atoms with E-state index in [2.05, 4.69) is 6.58 Å². The standard InChI is InChI=1S/C9H12O2/c1-4-5-8-6-9(10-3)7(2)11-8/h4,6H,1,5H2,2-3H3. The maximum absolute atomic E-state index is 5.35. The van der Waals surface area contributed by atoms with Gasteiger partial charge in [0.1, 0.15) is 11.5 Å². The van der Waals surface area contributed by atoms with Crippen LogP contribution >= 0.6 is 0 Å². The predicted octanol–water partition coefficient (Wildman–Crippen LogP) is 2.33. The first-order chi connectivity index (χ1) is 5.27. The summed E-state index contributed by atoms with van der Waals surface area (Å²) in [4.78, 5) is 0. The Hall–Kier alpha value is -1.18. The Bertz CT molecular complexity index is 248. The Labute approximate surface area is 66.5 Å². The molecule has 1 aromatic rings. The van der Waals surface area contributed by atoms with Crippen LogP contribution in [-0.4, -0.2) is 7.11 Å². The highest BCUT2D eigenvalue weighted by Crippen LogP contribution is 2.22. The van der Waals surface area contributed by atoms with Gasteiger partial charge in [-0.3, -0.25) is 0 Å². The molecule has 0 amide bonds. The van der Waals surface area contributed by atoms with Crippen LogP contribution in [0.1, 0.15) is 11.5 Å². The van der Waals surface area contributed by atoms with E-state index in [1.54, 1.807) is 13.2 Å². The van der Waals surface area contributed by atoms with E-state index in [-0.39, 0.29) is 0 Å². The molecule has 1 aromatic heterocycles. The second-order valence-corrected chi connectivity index (χ2v) is 2.33. The molecule has 1 heterocycles. The zero-order valence-electron chi connectivity index (χ0n) is 6.89. The zero-order chi connectivity index (χ0) is 8.27. The van der Waals surface area contributed by atoms with Crippen LogP contribution in [-0.2, 0) is 6.42 Å². The van der Waals surface area contributed by atoms with Crippen LogP contribution in [0.3, 0.4) is 0 Å². The molecule has 0 saturated heterocycles. The number of furan rings is 1. The van der Waals surface area contributed by atoms with Crippen molar-refractivity contribution in [2.75, 3.05) is 7.11 Å². The summed E-state index contributed by atoms with van der Waals surface area (Å²) in [5.74, 6) is 2.53. The monoisotopic (exact) mass is 152 g/mol. The Morgan fingerprint density at radius 1 is 1.73 bits per heavy atom. The van der Waals surface area contributed by atoms with Crippen LogP contribution in [0.25, 0.3) is 0 Å². The summed E-state index contributed by atoms with van der Waals surface area (Å²) >= 11 is 0. The van der Waals surface area contributed by atoms with Gasteiger partial charge >= 0.3 is 0 Å². The second-order valence-electron chi connectivity index (χ2n) is 2.33. The average molecular weight is 152 g/mol. The quantitative estimate of drug-likeness (QED) is 0.620. The first kappa shape index (κ1) is 7.92. The van der Waals surface area contributed by atoms with E-state index in [1.807, 2.05) is 13.0 Å². The molecule has 0 bridgehead atoms. The second kappa shape index (κ2) is 3.28. The van der Waals surface area contributed by atoms with E-state index in [9.17, 15) is 0 Å². The number of methoxy groups -OCH3 is 1. The SMILES string of the molecule is C=CCc1cc(OC)c(C)o1. The van der Waals surface area contributed by atoms with Gasteiger partial charge in [-0.25, -0.2) is 0 Å². The molecule has 1 rings (SSSR count). The molecule has 0 spiro atoms. The first-order valence-electron chi connectivity index (χ1n) is 3.52. The average Bonchev–Trinajstić information content (AvgIpc) is 2.32. The Morgan fingerprint density at radius 2 is 2.45 bits per heavy atom. The zero-order valence-corrected chi connectivity index (χ0v) is 6.89. The molecule has 2 nitrogen and oxygen atoms in total. The lowest BCUT2D eigenvalue weighted by Crippen LogP contribution is -1.79. The molecule has 0 unspecified atom stereocenters. The van der Waals surface area contributed by atoms with E-state index < -0.39 is 0 Å². The number of allylic oxidation sites excluding steroid dienone is 1. The molecule has 0 radical (unpaired) electrons. The largest absolute Gasteiger partial charge is 0.493 e. The molecule has 60 valence electrons. The van der Waals surface area contributed by atoms with Gasteiger partial charge in [0, 0.05) is 12.5 Å². The molecule has 11 heavy (non-hydrogen) atoms. The van der Waals surface area contributed by atoms with Gasteiger partial charge in [0.25, 0.3) is 0 Å². The van der Waals surface area contributed by atoms with E-state index in [0.29, 0.717) is 0 Å². The highest BCUT2D eigenvalue weighted by atomic mass is 16.5. The Kier molecular flexibility index (Phi) is 2.36. The van der Waals surface area contributed by atoms with Crippen molar-refractivity contribution in [2.24, 2.45) is 0 Å². The fourth-order valence-electron chi connectivity index (χ4n) is 0.970. The van der Waals surface area contributed by atoms with Gasteiger partial charge in [0.15, 0.2) is 5.75 Å². The highest BCUT2D eigenvalue weighted by molar-refractivity contribution is 5.28. The fraction of sp³-hybridized carbons (Fsp3) is 0.333. The Morgan fingerprint density at radius 3 is 2.91 bits per heavy atom. The number of aryl methyl sites for hydroxylation is 1. The number of ether oxygens (including phenoxy) is 1. The van der Waals surface area contributed by atoms with E-state index in [1.165, 1.54) is 0 Å². The van der Waals surface area contributed by atoms with Gasteiger partial charge < -0.3 is 9.15 Å². The van der Waals surface area contributed by atoms with Crippen molar-refractivity contribution < 1.29 is 9.15 Å². The number of rotatable bonds is 3. The van der Waals surface area contributed by atoms with Crippen molar-refractivity contribution in [3.8, 4) is 5.75 Å². The van der Waals surface area contributed by atoms with Crippen molar-refractivity contribution >= 4 is 0 Å². The molecule has 0 aliphatic rings. The molecule has 0 atom stereocenters. The van der Waals surface area contributed by atoms with Crippen LogP contribution < -0.4 is 4.74 Å². The third-order valence-corrected chi connectivity index (χ3v) is 1.49. The van der Waals surface area contributed by atoms with Crippen molar-refractivity contribution in [1.29, 1.82) is 0 Å². The fourth-order valence-corrected chi connectivity index (χ4v) is 0.970. The molecule has 0 aliphatic carbocycles. The summed E-state index contributed by atoms with van der Waals surface area (Å²) in [6, 6.07) is 1.89. The molecular formula is C9H12O2. The van der Waals surface area contributed by atoms with Gasteiger partial charge in [0.05, 0.1) is 7.11 Å². The van der Waals surface area contributed by atoms with Crippen molar-refractivity contribution in [3.63, 3.8) is 0 Å². The minimum Gasteiger partial charge on any atom is -0.493 e. The number of hydrogen-bond donors (Lipinski definition) is 0. The number of hydrogen-bond acceptors (Lipinski definition) is 2. The minimum absolute atomic E-state index is 0.754. The normalized spacial score (nSPS) is 9.64. The van der Waals surface area contributed by atoms with Crippen molar-refractivity contribution in [2.45, 2.75) is 13.3 Å². The minimum atomic E-state index is 0.754. The third kappa shape index (κ3) is 1.64. The third-order valence-electron chi connectivity index (χ3n) is 1.49. The smallest absolute Gasteiger partial charge is 0.160 e. The van der Waals surface area contributed by atoms with E-state index in [4.69, 9.17) is 9.15 Å². The molecule has 0 aliphatic heterocycles. The maximum atomic E-state index is 5.35. The topological polar surface area (TPSA) is 22.4 Å². The highest BCUT2D eigenvalue weighted by Gasteiger charge is 2.04. The first-order valence-corrected chi connectivity index (χ1v) is 3.52. The maximum Gasteiger partial charge on any atom is 0.160 e. The molecule has 2 heteroatoms. The van der Waals surface area contributed by atoms with Gasteiger partial charge in [-0.15, -0.1) is 6.58 Å². The van der Waals surface area contributed by atoms with Crippen LogP contribution in [0, 0.1) is 6.92 Å². The van der Waals surface area contributed by atoms with Crippen LogP contribution in [0.2, 0.25) is 0 Å². The van der Waals surface area contributed by atoms with Crippen molar-refractivity contribution in [3.05, 3.63) is 30.2 Å². The van der Waals surface area contributed by atoms with Crippen LogP contribution in [0.15, 0.2) is 23.1 Å². The van der Waals surface area contributed by atoms with Gasteiger partial charge in [0.2, 0.25) is 0 Å². The van der Waals surface area contributed by atoms with E-state index >= 15 is 0 Å². The van der Waals surface area contributed by atoms with E-state index in [0.717, 1.165) is 23.7 Å². The summed E-state index contributed by atoms with van der Waals surface area (Å²) in [7, 11) is 1.63. The molecule has 0 N–H and O–H groups in total. The summed E-state index contributed by atoms with van der Waals surface area (Å²) < 4.78 is 10.4. The Balaban J connectivity index is 2.85. The van der Waals surface area contributed by atoms with Gasteiger partial charge in [-0.05, 0) is 6.92 Å². The molecular weight excluding hydrogens is 140 g/mol. The van der Waals surface area contributed by atoms with Crippen LogP contribution in [0.4, 0.5) is 0 Å². The lowest BCUT2D eigenvalue weighted by molar-refractivity contribution is 0.395. The predicted molar refractivity (Wildman–Crippen MR) is 43.9 cm³/mol. The van der Waals surface area contributed by atoms with Crippen molar-refractivity contribution in [1.82, 2.24) is 0 Å². The summed E-state index contributed by atoms with van der Waals surface area (Å²) in [6.45, 7) is 5.50. The lowest BCUT2D eigenvalue weighted by atomic mass is 10.3. The summed E-state index contributed by atoms with van der Waals surface area (Å²) in [6.07, 6.45) is 2.56. The summed E-state index contributed by atoms with van der Waals surface area (Å²) in [5.41, 5.74) is 0.